The summed E-state index contributed by atoms with van der Waals surface area (Å²) in [5, 5.41) is 2.69. The highest BCUT2D eigenvalue weighted by Gasteiger charge is 2.06. The molecule has 5 heteroatoms. The molecule has 0 spiro atoms. The molecule has 3 N–H and O–H groups in total. The first-order valence-electron chi connectivity index (χ1n) is 4.80. The highest BCUT2D eigenvalue weighted by molar-refractivity contribution is 5.85. The van der Waals surface area contributed by atoms with Gasteiger partial charge in [-0.05, 0) is 5.56 Å². The molecule has 0 heterocycles. The fourth-order valence-electron chi connectivity index (χ4n) is 1.22. The Bertz CT molecular complexity index is 306. The van der Waals surface area contributed by atoms with Gasteiger partial charge < -0.3 is 15.8 Å². The SMILES string of the molecule is COCC(=O)NCC(N)c1ccccc1.Cl. The van der Waals surface area contributed by atoms with E-state index in [-0.39, 0.29) is 31.0 Å². The van der Waals surface area contributed by atoms with Crippen molar-refractivity contribution in [3.05, 3.63) is 35.9 Å². The van der Waals surface area contributed by atoms with Gasteiger partial charge in [0.15, 0.2) is 0 Å². The molecule has 1 rings (SSSR count). The summed E-state index contributed by atoms with van der Waals surface area (Å²) in [5.41, 5.74) is 6.89. The van der Waals surface area contributed by atoms with Gasteiger partial charge in [-0.1, -0.05) is 30.3 Å². The Labute approximate surface area is 102 Å². The van der Waals surface area contributed by atoms with Gasteiger partial charge in [-0.3, -0.25) is 4.79 Å². The molecule has 90 valence electrons. The lowest BCUT2D eigenvalue weighted by Gasteiger charge is -2.12. The first kappa shape index (κ1) is 14.9. The standard InChI is InChI=1S/C11H16N2O2.ClH/c1-15-8-11(14)13-7-10(12)9-5-3-2-4-6-9;/h2-6,10H,7-8,12H2,1H3,(H,13,14);1H. The maximum absolute atomic E-state index is 11.1. The number of ether oxygens (including phenoxy) is 1. The number of rotatable bonds is 5. The van der Waals surface area contributed by atoms with E-state index in [0.29, 0.717) is 6.54 Å². The molecule has 4 nitrogen and oxygen atoms in total. The summed E-state index contributed by atoms with van der Waals surface area (Å²) in [6.07, 6.45) is 0. The average molecular weight is 245 g/mol. The number of nitrogens with one attached hydrogen (secondary N) is 1. The van der Waals surface area contributed by atoms with Crippen molar-refractivity contribution in [2.75, 3.05) is 20.3 Å². The number of hydrogen-bond donors (Lipinski definition) is 2. The zero-order valence-electron chi connectivity index (χ0n) is 9.18. The van der Waals surface area contributed by atoms with Crippen LogP contribution in [0.5, 0.6) is 0 Å². The molecule has 0 bridgehead atoms. The number of halogens is 1. The highest BCUT2D eigenvalue weighted by Crippen LogP contribution is 2.07. The van der Waals surface area contributed by atoms with E-state index < -0.39 is 0 Å². The first-order valence-corrected chi connectivity index (χ1v) is 4.80. The van der Waals surface area contributed by atoms with Gasteiger partial charge in [-0.15, -0.1) is 12.4 Å². The van der Waals surface area contributed by atoms with Crippen molar-refractivity contribution in [2.45, 2.75) is 6.04 Å². The van der Waals surface area contributed by atoms with Gasteiger partial charge in [0.2, 0.25) is 5.91 Å². The molecule has 0 aliphatic carbocycles. The van der Waals surface area contributed by atoms with E-state index in [4.69, 9.17) is 5.73 Å². The van der Waals surface area contributed by atoms with Gasteiger partial charge >= 0.3 is 0 Å². The number of carbonyl (C=O) groups excluding carboxylic acids is 1. The Hall–Kier alpha value is -1.10. The lowest BCUT2D eigenvalue weighted by molar-refractivity contribution is -0.124. The van der Waals surface area contributed by atoms with Gasteiger partial charge in [0, 0.05) is 19.7 Å². The zero-order chi connectivity index (χ0) is 11.1. The van der Waals surface area contributed by atoms with Crippen LogP contribution in [0.25, 0.3) is 0 Å². The van der Waals surface area contributed by atoms with E-state index in [1.54, 1.807) is 0 Å². The molecule has 16 heavy (non-hydrogen) atoms. The number of nitrogens with two attached hydrogens (primary N) is 1. The van der Waals surface area contributed by atoms with Crippen molar-refractivity contribution in [1.82, 2.24) is 5.32 Å². The monoisotopic (exact) mass is 244 g/mol. The Morgan fingerprint density at radius 2 is 2.06 bits per heavy atom. The molecule has 0 radical (unpaired) electrons. The van der Waals surface area contributed by atoms with Crippen molar-refractivity contribution in [2.24, 2.45) is 5.73 Å². The van der Waals surface area contributed by atoms with E-state index in [2.05, 4.69) is 10.1 Å². The summed E-state index contributed by atoms with van der Waals surface area (Å²) in [7, 11) is 1.48. The smallest absolute Gasteiger partial charge is 0.246 e. The van der Waals surface area contributed by atoms with Crippen LogP contribution in [0.15, 0.2) is 30.3 Å². The summed E-state index contributed by atoms with van der Waals surface area (Å²) in [6.45, 7) is 0.494. The molecule has 0 saturated heterocycles. The lowest BCUT2D eigenvalue weighted by atomic mass is 10.1. The van der Waals surface area contributed by atoms with E-state index in [1.165, 1.54) is 7.11 Å². The molecule has 1 unspecified atom stereocenters. The summed E-state index contributed by atoms with van der Waals surface area (Å²) in [5.74, 6) is -0.149. The van der Waals surface area contributed by atoms with Gasteiger partial charge in [-0.2, -0.15) is 0 Å². The quantitative estimate of drug-likeness (QED) is 0.808. The minimum atomic E-state index is -0.174. The third kappa shape index (κ3) is 5.11. The van der Waals surface area contributed by atoms with Crippen LogP contribution >= 0.6 is 12.4 Å². The van der Waals surface area contributed by atoms with E-state index >= 15 is 0 Å². The Morgan fingerprint density at radius 1 is 1.44 bits per heavy atom. The molecule has 0 fully saturated rings. The van der Waals surface area contributed by atoms with Crippen molar-refractivity contribution in [3.63, 3.8) is 0 Å². The minimum absolute atomic E-state index is 0. The Morgan fingerprint density at radius 3 is 2.62 bits per heavy atom. The first-order chi connectivity index (χ1) is 7.24. The molecular formula is C11H17ClN2O2. The maximum atomic E-state index is 11.1. The molecule has 1 aromatic rings. The summed E-state index contributed by atoms with van der Waals surface area (Å²) >= 11 is 0. The molecule has 1 aromatic carbocycles. The van der Waals surface area contributed by atoms with Crippen LogP contribution in [0.4, 0.5) is 0 Å². The van der Waals surface area contributed by atoms with Crippen LogP contribution in [-0.4, -0.2) is 26.2 Å². The average Bonchev–Trinajstić information content (AvgIpc) is 2.27. The summed E-state index contributed by atoms with van der Waals surface area (Å²) in [4.78, 5) is 11.1. The van der Waals surface area contributed by atoms with Crippen molar-refractivity contribution in [3.8, 4) is 0 Å². The summed E-state index contributed by atoms with van der Waals surface area (Å²) < 4.78 is 4.69. The van der Waals surface area contributed by atoms with Crippen LogP contribution in [0.2, 0.25) is 0 Å². The molecular weight excluding hydrogens is 228 g/mol. The predicted molar refractivity (Wildman–Crippen MR) is 65.5 cm³/mol. The fourth-order valence-corrected chi connectivity index (χ4v) is 1.22. The number of methoxy groups -OCH3 is 1. The largest absolute Gasteiger partial charge is 0.375 e. The molecule has 0 saturated carbocycles. The molecule has 0 aliphatic heterocycles. The van der Waals surface area contributed by atoms with E-state index in [1.807, 2.05) is 30.3 Å². The Balaban J connectivity index is 0.00000225. The topological polar surface area (TPSA) is 64.3 Å². The van der Waals surface area contributed by atoms with Gasteiger partial charge in [0.1, 0.15) is 6.61 Å². The maximum Gasteiger partial charge on any atom is 0.246 e. The molecule has 1 atom stereocenters. The highest BCUT2D eigenvalue weighted by atomic mass is 35.5. The summed E-state index contributed by atoms with van der Waals surface area (Å²) in [6, 6.07) is 9.48. The normalized spacial score (nSPS) is 11.4. The van der Waals surface area contributed by atoms with Crippen LogP contribution in [0.1, 0.15) is 11.6 Å². The third-order valence-corrected chi connectivity index (χ3v) is 2.02. The Kier molecular flexibility index (Phi) is 7.54. The number of hydrogen-bond acceptors (Lipinski definition) is 3. The van der Waals surface area contributed by atoms with E-state index in [0.717, 1.165) is 5.56 Å². The van der Waals surface area contributed by atoms with Gasteiger partial charge in [-0.25, -0.2) is 0 Å². The predicted octanol–water partition coefficient (Wildman–Crippen LogP) is 0.871. The minimum Gasteiger partial charge on any atom is -0.375 e. The second kappa shape index (κ2) is 8.10. The van der Waals surface area contributed by atoms with Crippen LogP contribution in [-0.2, 0) is 9.53 Å². The molecule has 0 aromatic heterocycles. The fraction of sp³-hybridized carbons (Fsp3) is 0.364. The second-order valence-electron chi connectivity index (χ2n) is 3.25. The zero-order valence-corrected chi connectivity index (χ0v) is 10.00. The lowest BCUT2D eigenvalue weighted by Crippen LogP contribution is -2.33. The number of carbonyl (C=O) groups is 1. The van der Waals surface area contributed by atoms with E-state index in [9.17, 15) is 4.79 Å². The molecule has 0 aliphatic rings. The number of benzene rings is 1. The van der Waals surface area contributed by atoms with Crippen molar-refractivity contribution >= 4 is 18.3 Å². The van der Waals surface area contributed by atoms with Gasteiger partial charge in [0.25, 0.3) is 0 Å². The van der Waals surface area contributed by atoms with Gasteiger partial charge in [0.05, 0.1) is 0 Å². The molecule has 1 amide bonds. The van der Waals surface area contributed by atoms with Crippen LogP contribution < -0.4 is 11.1 Å². The third-order valence-electron chi connectivity index (χ3n) is 2.02. The second-order valence-corrected chi connectivity index (χ2v) is 3.25. The number of amides is 1. The van der Waals surface area contributed by atoms with Crippen LogP contribution in [0.3, 0.4) is 0 Å². The van der Waals surface area contributed by atoms with Crippen molar-refractivity contribution < 1.29 is 9.53 Å². The van der Waals surface area contributed by atoms with Crippen LogP contribution in [0, 0.1) is 0 Å². The van der Waals surface area contributed by atoms with Crippen molar-refractivity contribution in [1.29, 1.82) is 0 Å².